The summed E-state index contributed by atoms with van der Waals surface area (Å²) in [6.07, 6.45) is 6.61. The van der Waals surface area contributed by atoms with Crippen LogP contribution in [0.15, 0.2) is 54.6 Å². The lowest BCUT2D eigenvalue weighted by atomic mass is 10.1. The summed E-state index contributed by atoms with van der Waals surface area (Å²) in [6, 6.07) is 14.1. The maximum absolute atomic E-state index is 12.2. The van der Waals surface area contributed by atoms with Crippen LogP contribution in [-0.2, 0) is 4.79 Å². The van der Waals surface area contributed by atoms with Crippen LogP contribution >= 0.6 is 0 Å². The second-order valence-corrected chi connectivity index (χ2v) is 5.93. The summed E-state index contributed by atoms with van der Waals surface area (Å²) in [5, 5.41) is 0. The molecule has 0 aliphatic heterocycles. The maximum Gasteiger partial charge on any atom is 0.311 e. The van der Waals surface area contributed by atoms with Gasteiger partial charge >= 0.3 is 5.97 Å². The van der Waals surface area contributed by atoms with E-state index >= 15 is 0 Å². The van der Waals surface area contributed by atoms with Crippen molar-refractivity contribution in [3.05, 3.63) is 65.7 Å². The molecule has 0 spiro atoms. The Kier molecular flexibility index (Phi) is 7.62. The van der Waals surface area contributed by atoms with Crippen LogP contribution in [0.4, 0.5) is 0 Å². The molecule has 0 N–H and O–H groups in total. The molecule has 136 valence electrons. The van der Waals surface area contributed by atoms with Crippen molar-refractivity contribution < 1.29 is 19.1 Å². The molecule has 0 saturated carbocycles. The third-order valence-corrected chi connectivity index (χ3v) is 3.90. The van der Waals surface area contributed by atoms with Gasteiger partial charge in [-0.1, -0.05) is 38.0 Å². The van der Waals surface area contributed by atoms with E-state index in [1.807, 2.05) is 24.3 Å². The number of carbonyl (C=O) groups excluding carboxylic acids is 2. The summed E-state index contributed by atoms with van der Waals surface area (Å²) in [5.41, 5.74) is 1.46. The Morgan fingerprint density at radius 3 is 2.19 bits per heavy atom. The summed E-state index contributed by atoms with van der Waals surface area (Å²) in [7, 11) is 1.61. The van der Waals surface area contributed by atoms with Crippen molar-refractivity contribution in [1.82, 2.24) is 0 Å². The van der Waals surface area contributed by atoms with Gasteiger partial charge in [-0.15, -0.1) is 0 Å². The predicted molar refractivity (Wildman–Crippen MR) is 103 cm³/mol. The number of benzene rings is 2. The van der Waals surface area contributed by atoms with Gasteiger partial charge in [-0.3, -0.25) is 9.59 Å². The predicted octanol–water partition coefficient (Wildman–Crippen LogP) is 5.08. The molecule has 0 radical (unpaired) electrons. The zero-order valence-electron chi connectivity index (χ0n) is 15.2. The highest BCUT2D eigenvalue weighted by molar-refractivity contribution is 6.06. The normalized spacial score (nSPS) is 10.7. The molecule has 0 bridgehead atoms. The molecule has 4 heteroatoms. The fraction of sp³-hybridized carbons (Fsp3) is 0.273. The molecule has 0 heterocycles. The second kappa shape index (κ2) is 10.2. The Labute approximate surface area is 154 Å². The highest BCUT2D eigenvalue weighted by Crippen LogP contribution is 2.16. The monoisotopic (exact) mass is 352 g/mol. The Morgan fingerprint density at radius 1 is 0.923 bits per heavy atom. The first-order valence-corrected chi connectivity index (χ1v) is 8.79. The molecular formula is C22H24O4. The van der Waals surface area contributed by atoms with Gasteiger partial charge < -0.3 is 9.47 Å². The molecule has 0 saturated heterocycles. The Hall–Kier alpha value is -2.88. The largest absolute Gasteiger partial charge is 0.497 e. The van der Waals surface area contributed by atoms with Gasteiger partial charge in [0, 0.05) is 12.0 Å². The van der Waals surface area contributed by atoms with Gasteiger partial charge in [0.25, 0.3) is 0 Å². The third kappa shape index (κ3) is 6.20. The Balaban J connectivity index is 1.91. The fourth-order valence-corrected chi connectivity index (χ4v) is 2.37. The van der Waals surface area contributed by atoms with E-state index in [-0.39, 0.29) is 11.8 Å². The number of hydrogen-bond acceptors (Lipinski definition) is 4. The third-order valence-electron chi connectivity index (χ3n) is 3.90. The molecule has 4 nitrogen and oxygen atoms in total. The summed E-state index contributed by atoms with van der Waals surface area (Å²) >= 11 is 0. The van der Waals surface area contributed by atoms with E-state index in [0.717, 1.165) is 30.6 Å². The number of hydrogen-bond donors (Lipinski definition) is 0. The molecular weight excluding hydrogens is 328 g/mol. The number of ketones is 1. The van der Waals surface area contributed by atoms with Crippen molar-refractivity contribution >= 4 is 17.8 Å². The molecule has 26 heavy (non-hydrogen) atoms. The number of ether oxygens (including phenoxy) is 2. The molecule has 0 aromatic heterocycles. The van der Waals surface area contributed by atoms with Crippen LogP contribution < -0.4 is 9.47 Å². The zero-order valence-corrected chi connectivity index (χ0v) is 15.2. The first-order valence-electron chi connectivity index (χ1n) is 8.79. The van der Waals surface area contributed by atoms with Gasteiger partial charge in [0.15, 0.2) is 5.78 Å². The number of rotatable bonds is 9. The smallest absolute Gasteiger partial charge is 0.311 e. The number of esters is 1. The van der Waals surface area contributed by atoms with Gasteiger partial charge in [-0.05, 0) is 54.5 Å². The Morgan fingerprint density at radius 2 is 1.58 bits per heavy atom. The summed E-state index contributed by atoms with van der Waals surface area (Å²) < 4.78 is 10.4. The molecule has 0 atom stereocenters. The van der Waals surface area contributed by atoms with Crippen LogP contribution in [-0.4, -0.2) is 18.9 Å². The average Bonchev–Trinajstić information content (AvgIpc) is 2.67. The first kappa shape index (κ1) is 19.4. The molecule has 0 aliphatic carbocycles. The van der Waals surface area contributed by atoms with Crippen molar-refractivity contribution in [2.45, 2.75) is 32.6 Å². The van der Waals surface area contributed by atoms with Crippen LogP contribution in [0.3, 0.4) is 0 Å². The van der Waals surface area contributed by atoms with E-state index in [1.54, 1.807) is 37.5 Å². The van der Waals surface area contributed by atoms with Crippen molar-refractivity contribution in [1.29, 1.82) is 0 Å². The topological polar surface area (TPSA) is 52.6 Å². The Bertz CT molecular complexity index is 743. The number of carbonyl (C=O) groups is 2. The minimum atomic E-state index is -0.239. The van der Waals surface area contributed by atoms with Crippen LogP contribution in [0, 0.1) is 0 Å². The van der Waals surface area contributed by atoms with Crippen molar-refractivity contribution in [2.75, 3.05) is 7.11 Å². The molecule has 0 fully saturated rings. The average molecular weight is 352 g/mol. The minimum absolute atomic E-state index is 0.110. The van der Waals surface area contributed by atoms with Gasteiger partial charge in [0.1, 0.15) is 11.5 Å². The lowest BCUT2D eigenvalue weighted by Crippen LogP contribution is -2.07. The van der Waals surface area contributed by atoms with Gasteiger partial charge in [-0.2, -0.15) is 0 Å². The summed E-state index contributed by atoms with van der Waals surface area (Å²) in [4.78, 5) is 23.9. The number of unbranched alkanes of at least 4 members (excludes halogenated alkanes) is 2. The van der Waals surface area contributed by atoms with Gasteiger partial charge in [-0.25, -0.2) is 0 Å². The minimum Gasteiger partial charge on any atom is -0.497 e. The van der Waals surface area contributed by atoms with E-state index in [0.29, 0.717) is 17.7 Å². The molecule has 2 aromatic rings. The van der Waals surface area contributed by atoms with Crippen molar-refractivity contribution in [3.63, 3.8) is 0 Å². The molecule has 2 aromatic carbocycles. The second-order valence-electron chi connectivity index (χ2n) is 5.93. The van der Waals surface area contributed by atoms with E-state index < -0.39 is 0 Å². The zero-order chi connectivity index (χ0) is 18.8. The molecule has 0 aliphatic rings. The van der Waals surface area contributed by atoms with Crippen LogP contribution in [0.1, 0.15) is 48.5 Å². The first-order chi connectivity index (χ1) is 12.6. The van der Waals surface area contributed by atoms with Crippen molar-refractivity contribution in [3.8, 4) is 11.5 Å². The maximum atomic E-state index is 12.2. The van der Waals surface area contributed by atoms with E-state index in [1.165, 1.54) is 6.08 Å². The summed E-state index contributed by atoms with van der Waals surface area (Å²) in [6.45, 7) is 2.09. The number of allylic oxidation sites excluding steroid dienone is 1. The molecule has 2 rings (SSSR count). The van der Waals surface area contributed by atoms with E-state index in [2.05, 4.69) is 6.92 Å². The van der Waals surface area contributed by atoms with Gasteiger partial charge in [0.2, 0.25) is 0 Å². The lowest BCUT2D eigenvalue weighted by Gasteiger charge is -2.04. The van der Waals surface area contributed by atoms with Crippen LogP contribution in [0.2, 0.25) is 0 Å². The fourth-order valence-electron chi connectivity index (χ4n) is 2.37. The molecule has 0 amide bonds. The number of methoxy groups -OCH3 is 1. The van der Waals surface area contributed by atoms with Crippen LogP contribution in [0.25, 0.3) is 6.08 Å². The van der Waals surface area contributed by atoms with E-state index in [4.69, 9.17) is 9.47 Å². The highest BCUT2D eigenvalue weighted by atomic mass is 16.5. The van der Waals surface area contributed by atoms with Crippen molar-refractivity contribution in [2.24, 2.45) is 0 Å². The summed E-state index contributed by atoms with van der Waals surface area (Å²) in [5.74, 6) is 0.883. The standard InChI is InChI=1S/C22H24O4/c1-3-4-5-6-22(24)26-20-14-10-18(11-15-20)21(23)16-9-17-7-12-19(25-2)13-8-17/h7-16H,3-6H2,1-2H3/b16-9+. The van der Waals surface area contributed by atoms with E-state index in [9.17, 15) is 9.59 Å². The SMILES string of the molecule is CCCCCC(=O)Oc1ccc(C(=O)/C=C/c2ccc(OC)cc2)cc1. The quantitative estimate of drug-likeness (QED) is 0.208. The highest BCUT2D eigenvalue weighted by Gasteiger charge is 2.06. The lowest BCUT2D eigenvalue weighted by molar-refractivity contribution is -0.134. The molecule has 0 unspecified atom stereocenters. The van der Waals surface area contributed by atoms with Gasteiger partial charge in [0.05, 0.1) is 7.11 Å². The van der Waals surface area contributed by atoms with Crippen LogP contribution in [0.5, 0.6) is 11.5 Å².